The monoisotopic (exact) mass is 773 g/mol. The molecule has 12 rings (SSSR count). The fraction of sp³-hybridized carbons (Fsp3) is 0. The van der Waals surface area contributed by atoms with Crippen LogP contribution in [0.2, 0.25) is 0 Å². The van der Waals surface area contributed by atoms with E-state index >= 15 is 0 Å². The Labute approximate surface area is 355 Å². The molecule has 1 nitrogen and oxygen atoms in total. The minimum atomic E-state index is 1.10. The van der Waals surface area contributed by atoms with Crippen molar-refractivity contribution in [3.05, 3.63) is 237 Å². The van der Waals surface area contributed by atoms with Gasteiger partial charge in [-0.25, -0.2) is 0 Å². The molecule has 0 saturated heterocycles. The lowest BCUT2D eigenvalue weighted by Crippen LogP contribution is -2.11. The van der Waals surface area contributed by atoms with Gasteiger partial charge in [-0.15, -0.1) is 0 Å². The normalized spacial score (nSPS) is 11.6. The van der Waals surface area contributed by atoms with E-state index < -0.39 is 0 Å². The van der Waals surface area contributed by atoms with Gasteiger partial charge in [0.25, 0.3) is 0 Å². The summed E-state index contributed by atoms with van der Waals surface area (Å²) in [5, 5.41) is 15.1. The van der Waals surface area contributed by atoms with Crippen LogP contribution in [0.5, 0.6) is 0 Å². The van der Waals surface area contributed by atoms with Gasteiger partial charge in [-0.2, -0.15) is 0 Å². The highest BCUT2D eigenvalue weighted by Gasteiger charge is 2.23. The molecule has 0 saturated carbocycles. The molecule has 0 aliphatic rings. The molecule has 0 amide bonds. The summed E-state index contributed by atoms with van der Waals surface area (Å²) in [6.07, 6.45) is 0. The van der Waals surface area contributed by atoms with Gasteiger partial charge in [0.1, 0.15) is 0 Å². The maximum absolute atomic E-state index is 2.46. The first-order valence-corrected chi connectivity index (χ1v) is 21.1. The molecular weight excluding hydrogens is 735 g/mol. The van der Waals surface area contributed by atoms with Crippen LogP contribution in [-0.4, -0.2) is 0 Å². The fourth-order valence-electron chi connectivity index (χ4n) is 9.74. The molecule has 0 spiro atoms. The SMILES string of the molecule is c1ccc(-c2ccc(N(c3ccc(-c4ccccc4)cc3)c3c4ccccc4c(-c4ccc5cc6c7ccccc7c7ccccc7c6cc5c4)c4ccccc34)cc2)cc1. The van der Waals surface area contributed by atoms with E-state index in [9.17, 15) is 0 Å². The maximum Gasteiger partial charge on any atom is 0.0618 e. The van der Waals surface area contributed by atoms with Gasteiger partial charge in [-0.3, -0.25) is 0 Å². The fourth-order valence-corrected chi connectivity index (χ4v) is 9.74. The first kappa shape index (κ1) is 35.0. The van der Waals surface area contributed by atoms with Gasteiger partial charge >= 0.3 is 0 Å². The Morgan fingerprint density at radius 2 is 0.557 bits per heavy atom. The van der Waals surface area contributed by atoms with Crippen molar-refractivity contribution in [2.24, 2.45) is 0 Å². The molecule has 61 heavy (non-hydrogen) atoms. The average molecular weight is 774 g/mol. The van der Waals surface area contributed by atoms with Crippen LogP contribution in [0.15, 0.2) is 237 Å². The maximum atomic E-state index is 2.46. The van der Waals surface area contributed by atoms with E-state index in [1.807, 2.05) is 0 Å². The summed E-state index contributed by atoms with van der Waals surface area (Å²) < 4.78 is 0. The Kier molecular flexibility index (Phi) is 8.25. The Morgan fingerprint density at radius 3 is 1.02 bits per heavy atom. The van der Waals surface area contributed by atoms with Crippen LogP contribution in [0.4, 0.5) is 17.1 Å². The molecular formula is C60H39N. The van der Waals surface area contributed by atoms with Crippen molar-refractivity contribution >= 4 is 81.7 Å². The predicted octanol–water partition coefficient (Wildman–Crippen LogP) is 17.1. The van der Waals surface area contributed by atoms with Crippen LogP contribution in [0.25, 0.3) is 98.0 Å². The molecule has 12 aromatic carbocycles. The number of benzene rings is 12. The van der Waals surface area contributed by atoms with Gasteiger partial charge in [-0.05, 0) is 130 Å². The average Bonchev–Trinajstić information content (AvgIpc) is 3.34. The molecule has 0 aliphatic heterocycles. The third kappa shape index (κ3) is 5.86. The highest BCUT2D eigenvalue weighted by Crippen LogP contribution is 2.49. The minimum Gasteiger partial charge on any atom is -0.309 e. The highest BCUT2D eigenvalue weighted by atomic mass is 15.1. The van der Waals surface area contributed by atoms with Gasteiger partial charge in [0, 0.05) is 22.1 Å². The molecule has 0 heterocycles. The van der Waals surface area contributed by atoms with Gasteiger partial charge in [-0.1, -0.05) is 194 Å². The predicted molar refractivity (Wildman–Crippen MR) is 262 cm³/mol. The van der Waals surface area contributed by atoms with E-state index in [2.05, 4.69) is 241 Å². The van der Waals surface area contributed by atoms with E-state index in [1.165, 1.54) is 104 Å². The molecule has 0 radical (unpaired) electrons. The second-order valence-corrected chi connectivity index (χ2v) is 16.0. The Bertz CT molecular complexity index is 3470. The number of rotatable bonds is 6. The van der Waals surface area contributed by atoms with Crippen LogP contribution < -0.4 is 4.90 Å². The second kappa shape index (κ2) is 14.4. The molecule has 0 atom stereocenters. The van der Waals surface area contributed by atoms with Gasteiger partial charge in [0.05, 0.1) is 5.69 Å². The summed E-state index contributed by atoms with van der Waals surface area (Å²) in [4.78, 5) is 2.46. The van der Waals surface area contributed by atoms with E-state index in [0.717, 1.165) is 11.4 Å². The molecule has 12 aromatic rings. The number of hydrogen-bond donors (Lipinski definition) is 0. The van der Waals surface area contributed by atoms with Crippen LogP contribution in [0.3, 0.4) is 0 Å². The van der Waals surface area contributed by atoms with Crippen LogP contribution in [0, 0.1) is 0 Å². The van der Waals surface area contributed by atoms with E-state index in [4.69, 9.17) is 0 Å². The quantitative estimate of drug-likeness (QED) is 0.120. The smallest absolute Gasteiger partial charge is 0.0618 e. The van der Waals surface area contributed by atoms with Gasteiger partial charge in [0.2, 0.25) is 0 Å². The molecule has 0 unspecified atom stereocenters. The third-order valence-corrected chi connectivity index (χ3v) is 12.6. The summed E-state index contributed by atoms with van der Waals surface area (Å²) in [7, 11) is 0. The standard InChI is InChI=1S/C60H39N/c1-3-15-40(16-4-1)42-29-33-47(34-30-42)61(48-35-31-43(32-36-48)41-17-5-2-6-18-41)60-55-25-13-11-23-53(55)59(54-24-12-14-26-56(54)60)45-28-27-44-38-57-51-21-9-7-19-49(51)50-20-8-10-22-52(50)58(57)39-46(44)37-45/h1-39H. The van der Waals surface area contributed by atoms with Crippen molar-refractivity contribution in [3.8, 4) is 33.4 Å². The molecule has 0 bridgehead atoms. The first-order chi connectivity index (χ1) is 30.3. The molecule has 284 valence electrons. The van der Waals surface area contributed by atoms with Crippen molar-refractivity contribution in [1.29, 1.82) is 0 Å². The number of hydrogen-bond acceptors (Lipinski definition) is 1. The zero-order chi connectivity index (χ0) is 40.3. The zero-order valence-corrected chi connectivity index (χ0v) is 33.5. The number of anilines is 3. The van der Waals surface area contributed by atoms with E-state index in [-0.39, 0.29) is 0 Å². The minimum absolute atomic E-state index is 1.10. The summed E-state index contributed by atoms with van der Waals surface area (Å²) >= 11 is 0. The number of fused-ring (bicyclic) bond motifs is 9. The van der Waals surface area contributed by atoms with Crippen LogP contribution in [0.1, 0.15) is 0 Å². The lowest BCUT2D eigenvalue weighted by molar-refractivity contribution is 1.31. The summed E-state index contributed by atoms with van der Waals surface area (Å²) in [5.74, 6) is 0. The lowest BCUT2D eigenvalue weighted by Gasteiger charge is -2.30. The van der Waals surface area contributed by atoms with Crippen molar-refractivity contribution in [3.63, 3.8) is 0 Å². The molecule has 0 aliphatic carbocycles. The molecule has 0 aromatic heterocycles. The van der Waals surface area contributed by atoms with Gasteiger partial charge in [0.15, 0.2) is 0 Å². The third-order valence-electron chi connectivity index (χ3n) is 12.6. The van der Waals surface area contributed by atoms with Gasteiger partial charge < -0.3 is 4.90 Å². The largest absolute Gasteiger partial charge is 0.309 e. The molecule has 0 fully saturated rings. The Hall–Kier alpha value is -8.00. The molecule has 1 heteroatoms. The van der Waals surface area contributed by atoms with Crippen molar-refractivity contribution in [2.75, 3.05) is 4.90 Å². The summed E-state index contributed by atoms with van der Waals surface area (Å²) in [5.41, 5.74) is 10.6. The summed E-state index contributed by atoms with van der Waals surface area (Å²) in [6, 6.07) is 86.8. The molecule has 0 N–H and O–H groups in total. The zero-order valence-electron chi connectivity index (χ0n) is 33.5. The number of nitrogens with zero attached hydrogens (tertiary/aromatic N) is 1. The summed E-state index contributed by atoms with van der Waals surface area (Å²) in [6.45, 7) is 0. The van der Waals surface area contributed by atoms with Crippen molar-refractivity contribution in [1.82, 2.24) is 0 Å². The van der Waals surface area contributed by atoms with E-state index in [0.29, 0.717) is 0 Å². The van der Waals surface area contributed by atoms with Crippen molar-refractivity contribution in [2.45, 2.75) is 0 Å². The Balaban J connectivity index is 1.09. The highest BCUT2D eigenvalue weighted by molar-refractivity contribution is 6.28. The lowest BCUT2D eigenvalue weighted by atomic mass is 9.88. The first-order valence-electron chi connectivity index (χ1n) is 21.1. The van der Waals surface area contributed by atoms with E-state index in [1.54, 1.807) is 0 Å². The Morgan fingerprint density at radius 1 is 0.213 bits per heavy atom. The second-order valence-electron chi connectivity index (χ2n) is 16.0. The van der Waals surface area contributed by atoms with Crippen LogP contribution >= 0.6 is 0 Å². The topological polar surface area (TPSA) is 3.24 Å². The van der Waals surface area contributed by atoms with Crippen molar-refractivity contribution < 1.29 is 0 Å². The van der Waals surface area contributed by atoms with Crippen LogP contribution in [-0.2, 0) is 0 Å².